The van der Waals surface area contributed by atoms with Crippen LogP contribution in [0.1, 0.15) is 49.7 Å². The highest BCUT2D eigenvalue weighted by atomic mass is 19.4. The summed E-state index contributed by atoms with van der Waals surface area (Å²) in [6.45, 7) is 0.357. The van der Waals surface area contributed by atoms with Crippen molar-refractivity contribution in [1.29, 1.82) is 0 Å². The number of halogens is 3. The van der Waals surface area contributed by atoms with Gasteiger partial charge in [0.05, 0.1) is 5.56 Å². The fraction of sp³-hybridized carbons (Fsp3) is 0.550. The van der Waals surface area contributed by atoms with E-state index in [4.69, 9.17) is 0 Å². The van der Waals surface area contributed by atoms with Crippen molar-refractivity contribution < 1.29 is 27.6 Å². The number of imide groups is 1. The Morgan fingerprint density at radius 1 is 1.17 bits per heavy atom. The molecule has 3 rings (SSSR count). The molecule has 0 bridgehead atoms. The van der Waals surface area contributed by atoms with Crippen molar-refractivity contribution in [3.05, 3.63) is 35.4 Å². The fourth-order valence-electron chi connectivity index (χ4n) is 3.94. The molecule has 158 valence electrons. The van der Waals surface area contributed by atoms with Crippen LogP contribution in [0, 0.1) is 0 Å². The molecule has 1 spiro atoms. The molecule has 1 aromatic carbocycles. The van der Waals surface area contributed by atoms with Gasteiger partial charge in [-0.2, -0.15) is 13.2 Å². The highest BCUT2D eigenvalue weighted by Gasteiger charge is 2.52. The first-order valence-corrected chi connectivity index (χ1v) is 9.67. The van der Waals surface area contributed by atoms with Crippen LogP contribution in [-0.4, -0.2) is 46.8 Å². The maximum atomic E-state index is 12.6. The summed E-state index contributed by atoms with van der Waals surface area (Å²) in [6.07, 6.45) is -0.783. The van der Waals surface area contributed by atoms with Crippen LogP contribution in [0.15, 0.2) is 24.3 Å². The zero-order valence-electron chi connectivity index (χ0n) is 16.2. The maximum absolute atomic E-state index is 12.6. The van der Waals surface area contributed by atoms with Gasteiger partial charge in [0.1, 0.15) is 5.54 Å². The number of nitrogens with one attached hydrogen (secondary N) is 1. The van der Waals surface area contributed by atoms with E-state index in [-0.39, 0.29) is 31.3 Å². The quantitative estimate of drug-likeness (QED) is 0.731. The van der Waals surface area contributed by atoms with Crippen molar-refractivity contribution in [3.8, 4) is 0 Å². The van der Waals surface area contributed by atoms with Gasteiger partial charge in [0.25, 0.3) is 5.91 Å². The van der Waals surface area contributed by atoms with Crippen LogP contribution in [0.3, 0.4) is 0 Å². The standard InChI is InChI=1S/C20H24F3N3O3/c1-25(13-14-6-8-15(9-7-14)20(21,22)23)16(27)5-4-12-26-17(28)19(24-18(26)29)10-2-3-11-19/h6-9H,2-5,10-13H2,1H3,(H,24,29). The SMILES string of the molecule is CN(Cc1ccc(C(F)(F)F)cc1)C(=O)CCCN1C(=O)NC2(CCCC2)C1=O. The van der Waals surface area contributed by atoms with Crippen molar-refractivity contribution in [2.24, 2.45) is 0 Å². The first-order valence-electron chi connectivity index (χ1n) is 9.67. The second-order valence-electron chi connectivity index (χ2n) is 7.72. The molecule has 1 saturated heterocycles. The van der Waals surface area contributed by atoms with E-state index in [1.807, 2.05) is 0 Å². The molecule has 1 aliphatic carbocycles. The summed E-state index contributed by atoms with van der Waals surface area (Å²) in [6, 6.07) is 4.28. The maximum Gasteiger partial charge on any atom is 0.416 e. The van der Waals surface area contributed by atoms with Gasteiger partial charge in [0, 0.05) is 26.6 Å². The highest BCUT2D eigenvalue weighted by molar-refractivity contribution is 6.07. The van der Waals surface area contributed by atoms with E-state index in [2.05, 4.69) is 5.32 Å². The Morgan fingerprint density at radius 3 is 2.38 bits per heavy atom. The molecule has 1 heterocycles. The largest absolute Gasteiger partial charge is 0.416 e. The summed E-state index contributed by atoms with van der Waals surface area (Å²) in [5.41, 5.74) is -0.893. The highest BCUT2D eigenvalue weighted by Crippen LogP contribution is 2.35. The van der Waals surface area contributed by atoms with Gasteiger partial charge in [0.15, 0.2) is 0 Å². The lowest BCUT2D eigenvalue weighted by atomic mass is 9.98. The van der Waals surface area contributed by atoms with Crippen molar-refractivity contribution in [2.45, 2.75) is 56.8 Å². The molecule has 2 aliphatic rings. The summed E-state index contributed by atoms with van der Waals surface area (Å²) >= 11 is 0. The van der Waals surface area contributed by atoms with E-state index in [9.17, 15) is 27.6 Å². The van der Waals surface area contributed by atoms with Crippen LogP contribution in [0.25, 0.3) is 0 Å². The number of benzene rings is 1. The second-order valence-corrected chi connectivity index (χ2v) is 7.72. The van der Waals surface area contributed by atoms with E-state index in [0.717, 1.165) is 25.0 Å². The number of alkyl halides is 3. The van der Waals surface area contributed by atoms with Crippen LogP contribution in [0.4, 0.5) is 18.0 Å². The van der Waals surface area contributed by atoms with Gasteiger partial charge in [-0.3, -0.25) is 14.5 Å². The molecule has 1 saturated carbocycles. The number of hydrogen-bond donors (Lipinski definition) is 1. The van der Waals surface area contributed by atoms with Gasteiger partial charge in [-0.25, -0.2) is 4.79 Å². The number of carbonyl (C=O) groups is 3. The zero-order chi connectivity index (χ0) is 21.2. The Morgan fingerprint density at radius 2 is 1.79 bits per heavy atom. The third kappa shape index (κ3) is 4.54. The van der Waals surface area contributed by atoms with Gasteiger partial charge in [0.2, 0.25) is 5.91 Å². The molecule has 0 aromatic heterocycles. The van der Waals surface area contributed by atoms with Gasteiger partial charge in [-0.15, -0.1) is 0 Å². The molecule has 1 aromatic rings. The Bertz CT molecular complexity index is 786. The first-order chi connectivity index (χ1) is 13.6. The fourth-order valence-corrected chi connectivity index (χ4v) is 3.94. The van der Waals surface area contributed by atoms with E-state index in [1.54, 1.807) is 7.05 Å². The van der Waals surface area contributed by atoms with E-state index < -0.39 is 23.3 Å². The Labute approximate surface area is 167 Å². The zero-order valence-corrected chi connectivity index (χ0v) is 16.2. The lowest BCUT2D eigenvalue weighted by Crippen LogP contribution is -2.44. The number of nitrogens with zero attached hydrogens (tertiary/aromatic N) is 2. The summed E-state index contributed by atoms with van der Waals surface area (Å²) in [7, 11) is 1.57. The van der Waals surface area contributed by atoms with Gasteiger partial charge in [-0.1, -0.05) is 25.0 Å². The Hall–Kier alpha value is -2.58. The minimum Gasteiger partial charge on any atom is -0.341 e. The number of carbonyl (C=O) groups excluding carboxylic acids is 3. The number of hydrogen-bond acceptors (Lipinski definition) is 3. The molecular formula is C20H24F3N3O3. The summed E-state index contributed by atoms with van der Waals surface area (Å²) in [5.74, 6) is -0.405. The smallest absolute Gasteiger partial charge is 0.341 e. The molecule has 0 radical (unpaired) electrons. The van der Waals surface area contributed by atoms with E-state index in [0.29, 0.717) is 24.8 Å². The summed E-state index contributed by atoms with van der Waals surface area (Å²) in [5, 5.41) is 2.80. The molecule has 2 fully saturated rings. The minimum atomic E-state index is -4.39. The molecule has 1 N–H and O–H groups in total. The summed E-state index contributed by atoms with van der Waals surface area (Å²) < 4.78 is 37.8. The van der Waals surface area contributed by atoms with Crippen molar-refractivity contribution in [3.63, 3.8) is 0 Å². The van der Waals surface area contributed by atoms with Crippen LogP contribution in [0.2, 0.25) is 0 Å². The predicted molar refractivity (Wildman–Crippen MR) is 98.6 cm³/mol. The number of rotatable bonds is 6. The van der Waals surface area contributed by atoms with E-state index >= 15 is 0 Å². The predicted octanol–water partition coefficient (Wildman–Crippen LogP) is 3.31. The number of amides is 4. The average Bonchev–Trinajstić information content (AvgIpc) is 3.21. The lowest BCUT2D eigenvalue weighted by Gasteiger charge is -2.20. The second kappa shape index (κ2) is 8.04. The normalized spacial score (nSPS) is 18.4. The van der Waals surface area contributed by atoms with Crippen LogP contribution in [0.5, 0.6) is 0 Å². The van der Waals surface area contributed by atoms with Gasteiger partial charge >= 0.3 is 12.2 Å². The minimum absolute atomic E-state index is 0.140. The molecule has 29 heavy (non-hydrogen) atoms. The van der Waals surface area contributed by atoms with E-state index in [1.165, 1.54) is 21.9 Å². The van der Waals surface area contributed by atoms with Gasteiger partial charge < -0.3 is 10.2 Å². The molecule has 4 amide bonds. The van der Waals surface area contributed by atoms with Crippen molar-refractivity contribution >= 4 is 17.8 Å². The van der Waals surface area contributed by atoms with Crippen molar-refractivity contribution in [2.75, 3.05) is 13.6 Å². The molecule has 6 nitrogen and oxygen atoms in total. The summed E-state index contributed by atoms with van der Waals surface area (Å²) in [4.78, 5) is 39.6. The average molecular weight is 411 g/mol. The molecule has 0 atom stereocenters. The topological polar surface area (TPSA) is 69.7 Å². The molecular weight excluding hydrogens is 387 g/mol. The molecule has 1 aliphatic heterocycles. The van der Waals surface area contributed by atoms with Crippen LogP contribution < -0.4 is 5.32 Å². The monoisotopic (exact) mass is 411 g/mol. The van der Waals surface area contributed by atoms with Gasteiger partial charge in [-0.05, 0) is 37.0 Å². The number of urea groups is 1. The lowest BCUT2D eigenvalue weighted by molar-refractivity contribution is -0.137. The Balaban J connectivity index is 1.47. The molecule has 9 heteroatoms. The Kier molecular flexibility index (Phi) is 5.86. The van der Waals surface area contributed by atoms with Crippen molar-refractivity contribution in [1.82, 2.24) is 15.1 Å². The molecule has 0 unspecified atom stereocenters. The third-order valence-corrected chi connectivity index (χ3v) is 5.60. The van der Waals surface area contributed by atoms with Crippen LogP contribution in [-0.2, 0) is 22.3 Å². The first kappa shape index (κ1) is 21.1. The van der Waals surface area contributed by atoms with Crippen LogP contribution >= 0.6 is 0 Å². The third-order valence-electron chi connectivity index (χ3n) is 5.60.